The molecule has 0 aromatic heterocycles. The maximum Gasteiger partial charge on any atom is 0.333 e. The number of hydrogen-bond acceptors (Lipinski definition) is 24. The molecule has 6 atom stereocenters. The van der Waals surface area contributed by atoms with Crippen LogP contribution in [0.4, 0.5) is 0 Å². The lowest BCUT2D eigenvalue weighted by atomic mass is 9.70. The number of ether oxygens (including phenoxy) is 11. The highest BCUT2D eigenvalue weighted by Gasteiger charge is 2.64. The van der Waals surface area contributed by atoms with E-state index in [1.54, 1.807) is 60.6 Å². The number of carboxylic acid groups (broad SMARTS) is 2. The van der Waals surface area contributed by atoms with Gasteiger partial charge in [0.2, 0.25) is 0 Å². The zero-order valence-electron chi connectivity index (χ0n) is 97.4. The largest absolute Gasteiger partial charge is 0.481 e. The molecule has 26 heteroatoms. The number of unbranched alkanes of at least 4 members (excludes halogenated alkanes) is 9. The Bertz CT molecular complexity index is 3580. The molecule has 828 valence electrons. The first-order valence-electron chi connectivity index (χ1n) is 52.5. The molecule has 4 aliphatic carbocycles. The molecule has 26 nitrogen and oxygen atoms in total. The maximum atomic E-state index is 12.3. The summed E-state index contributed by atoms with van der Waals surface area (Å²) in [5, 5.41) is 16.9. The fourth-order valence-electron chi connectivity index (χ4n) is 13.0. The molecule has 2 N–H and O–H groups in total. The Labute approximate surface area is 862 Å². The van der Waals surface area contributed by atoms with Crippen LogP contribution in [0.5, 0.6) is 0 Å². The number of carboxylic acids is 2. The first kappa shape index (κ1) is 144. The molecule has 0 saturated heterocycles. The summed E-state index contributed by atoms with van der Waals surface area (Å²) in [5.41, 5.74) is -2.29. The molecule has 4 rings (SSSR count). The molecule has 4 bridgehead atoms. The van der Waals surface area contributed by atoms with E-state index in [1.807, 2.05) is 180 Å². The van der Waals surface area contributed by atoms with E-state index in [-0.39, 0.29) is 138 Å². The zero-order chi connectivity index (χ0) is 112. The van der Waals surface area contributed by atoms with Gasteiger partial charge in [-0.3, -0.25) is 47.9 Å². The van der Waals surface area contributed by atoms with E-state index in [4.69, 9.17) is 62.3 Å². The van der Waals surface area contributed by atoms with E-state index in [0.717, 1.165) is 63.2 Å². The standard InChI is InChI=1S/C18H36O2.2C16H28O2.3C12H20O4.2C9H16O2.2C6H12O2/c1-5-7-8-9-10-11-12-13-14-15-16-20-17(19)18(3,4)6-2;2*1-7-14(2,3)13(17)18-12-10-11-8-9-16(12,6)15(11,4)5;3*1-6-12(4,5)11(14)16-8-7-15-10(13)9(2)3;2*1-5-7-11-8(10)9(3,4)6-2;2*1-4-6(2,3)5(7)8/h5-16H2,1-4H3;2*11-12H,7-10H2,1-6H3;3*2,6-8H2,1,3-5H3;2*5H,1,6-7H2,2-4H3;2*4H2,1-3H3,(H,7,8). The second kappa shape index (κ2) is 68.3. The van der Waals surface area contributed by atoms with E-state index >= 15 is 0 Å². The van der Waals surface area contributed by atoms with Gasteiger partial charge in [-0.15, -0.1) is 0 Å². The van der Waals surface area contributed by atoms with Gasteiger partial charge in [-0.05, 0) is 291 Å². The lowest BCUT2D eigenvalue weighted by Gasteiger charge is -2.39. The predicted octanol–water partition coefficient (Wildman–Crippen LogP) is 27.8. The Morgan fingerprint density at radius 2 is 0.472 bits per heavy atom. The highest BCUT2D eigenvalue weighted by Crippen LogP contribution is 2.67. The number of rotatable bonds is 49. The number of carbonyl (C=O) groups is 13. The van der Waals surface area contributed by atoms with Gasteiger partial charge in [0.1, 0.15) is 65.1 Å². The topological polar surface area (TPSA) is 364 Å². The van der Waals surface area contributed by atoms with Crippen LogP contribution in [0.1, 0.15) is 444 Å². The van der Waals surface area contributed by atoms with Crippen molar-refractivity contribution in [2.45, 2.75) is 456 Å². The monoisotopic (exact) mass is 2020 g/mol. The lowest BCUT2D eigenvalue weighted by Crippen LogP contribution is -2.40. The summed E-state index contributed by atoms with van der Waals surface area (Å²) in [6, 6.07) is 0. The van der Waals surface area contributed by atoms with Gasteiger partial charge in [0, 0.05) is 27.5 Å². The minimum Gasteiger partial charge on any atom is -0.481 e. The summed E-state index contributed by atoms with van der Waals surface area (Å²) in [6.45, 7) is 96.5. The van der Waals surface area contributed by atoms with E-state index in [2.05, 4.69) is 81.4 Å². The van der Waals surface area contributed by atoms with Crippen molar-refractivity contribution in [2.75, 3.05) is 59.5 Å². The van der Waals surface area contributed by atoms with E-state index < -0.39 is 56.9 Å². The van der Waals surface area contributed by atoms with Crippen molar-refractivity contribution in [3.05, 3.63) is 61.8 Å². The van der Waals surface area contributed by atoms with Crippen LogP contribution in [0.2, 0.25) is 0 Å². The first-order chi connectivity index (χ1) is 64.9. The van der Waals surface area contributed by atoms with Crippen LogP contribution in [-0.4, -0.2) is 159 Å². The fourth-order valence-corrected chi connectivity index (χ4v) is 13.0. The van der Waals surface area contributed by atoms with Crippen LogP contribution in [0.15, 0.2) is 61.8 Å². The Balaban J connectivity index is -0.000000366. The van der Waals surface area contributed by atoms with Crippen LogP contribution in [0.3, 0.4) is 0 Å². The SMILES string of the molecule is C=C(C)C(=O)OCCOC(=O)C(C)(C)CC.C=C(C)C(=O)OCCOC(=O)C(C)(C)CC.C=C(C)C(=O)OCCOC(=O)C(C)(C)CC.C=CCOC(=O)C(C)(C)CC.C=CCOC(=O)C(C)(C)CC.CCC(C)(C)C(=O)O.CCC(C)(C)C(=O)O.CCC(C)(C)C(=O)OC1CC2CCC1(C)C2(C)C.CCC(C)(C)C(=O)OC1CC2CCC1(C)C2(C)C.CCCCCCCCCCCCOC(=O)C(C)(C)CC. The van der Waals surface area contributed by atoms with E-state index in [1.165, 1.54) is 83.5 Å². The summed E-state index contributed by atoms with van der Waals surface area (Å²) in [5.74, 6) is -2.60. The van der Waals surface area contributed by atoms with Crippen molar-refractivity contribution in [1.82, 2.24) is 0 Å². The fraction of sp³-hybridized carbons (Fsp3) is 0.802. The highest BCUT2D eigenvalue weighted by atomic mass is 16.6. The van der Waals surface area contributed by atoms with E-state index in [0.29, 0.717) is 79.5 Å². The predicted molar refractivity (Wildman–Crippen MR) is 570 cm³/mol. The third-order valence-electron chi connectivity index (χ3n) is 30.4. The molecule has 0 aromatic carbocycles. The summed E-state index contributed by atoms with van der Waals surface area (Å²) >= 11 is 0. The average molecular weight is 2020 g/mol. The van der Waals surface area contributed by atoms with Crippen molar-refractivity contribution < 1.29 is 125 Å². The van der Waals surface area contributed by atoms with Gasteiger partial charge in [-0.2, -0.15) is 0 Å². The third-order valence-corrected chi connectivity index (χ3v) is 30.4. The Morgan fingerprint density at radius 3 is 0.641 bits per heavy atom. The molecule has 4 fully saturated rings. The van der Waals surface area contributed by atoms with Crippen LogP contribution < -0.4 is 0 Å². The number of esters is 11. The van der Waals surface area contributed by atoms with Gasteiger partial charge in [-0.25, -0.2) is 14.4 Å². The van der Waals surface area contributed by atoms with Crippen molar-refractivity contribution in [3.8, 4) is 0 Å². The van der Waals surface area contributed by atoms with Crippen molar-refractivity contribution in [3.63, 3.8) is 0 Å². The van der Waals surface area contributed by atoms with Crippen LogP contribution >= 0.6 is 0 Å². The summed E-state index contributed by atoms with van der Waals surface area (Å²) in [7, 11) is 0. The molecular formula is C116H208O26. The normalized spacial score (nSPS) is 17.8. The first-order valence-corrected chi connectivity index (χ1v) is 52.5. The van der Waals surface area contributed by atoms with Crippen LogP contribution in [-0.2, 0) is 114 Å². The molecule has 6 unspecified atom stereocenters. The van der Waals surface area contributed by atoms with E-state index in [9.17, 15) is 62.3 Å². The van der Waals surface area contributed by atoms with Crippen molar-refractivity contribution in [2.24, 2.45) is 87.6 Å². The second-order valence-electron chi connectivity index (χ2n) is 46.2. The van der Waals surface area contributed by atoms with Gasteiger partial charge >= 0.3 is 77.6 Å². The van der Waals surface area contributed by atoms with Gasteiger partial charge < -0.3 is 62.3 Å². The van der Waals surface area contributed by atoms with Crippen molar-refractivity contribution in [1.29, 1.82) is 0 Å². The summed E-state index contributed by atoms with van der Waals surface area (Å²) < 4.78 is 56.2. The minimum absolute atomic E-state index is 0.0143. The number of hydrogen-bond donors (Lipinski definition) is 2. The number of aliphatic carboxylic acids is 2. The highest BCUT2D eigenvalue weighted by molar-refractivity contribution is 5.88. The van der Waals surface area contributed by atoms with Gasteiger partial charge in [0.15, 0.2) is 0 Å². The van der Waals surface area contributed by atoms with Crippen molar-refractivity contribution >= 4 is 77.6 Å². The lowest BCUT2D eigenvalue weighted by molar-refractivity contribution is -0.168. The molecule has 0 aromatic rings. The summed E-state index contributed by atoms with van der Waals surface area (Å²) in [4.78, 5) is 147. The summed E-state index contributed by atoms with van der Waals surface area (Å²) in [6.07, 6.45) is 31.2. The smallest absolute Gasteiger partial charge is 0.333 e. The van der Waals surface area contributed by atoms with Gasteiger partial charge in [0.25, 0.3) is 0 Å². The van der Waals surface area contributed by atoms with Gasteiger partial charge in [0.05, 0.1) is 60.8 Å². The Kier molecular flexibility index (Phi) is 69.5. The molecule has 0 aliphatic heterocycles. The maximum absolute atomic E-state index is 12.3. The minimum atomic E-state index is -0.722. The molecule has 0 amide bonds. The molecule has 0 radical (unpaired) electrons. The third kappa shape index (κ3) is 53.2. The molecule has 4 saturated carbocycles. The molecular weight excluding hydrogens is 1810 g/mol. The second-order valence-corrected chi connectivity index (χ2v) is 46.2. The molecule has 4 aliphatic rings. The number of fused-ring (bicyclic) bond motifs is 4. The van der Waals surface area contributed by atoms with Gasteiger partial charge in [-0.1, -0.05) is 221 Å². The quantitative estimate of drug-likeness (QED) is 0.0188. The average Bonchev–Trinajstić information content (AvgIpc) is 1.56. The molecule has 0 heterocycles. The number of carbonyl (C=O) groups excluding carboxylic acids is 11. The zero-order valence-corrected chi connectivity index (χ0v) is 97.4. The Hall–Kier alpha value is -8.19. The van der Waals surface area contributed by atoms with Crippen LogP contribution in [0.25, 0.3) is 0 Å². The van der Waals surface area contributed by atoms with Crippen LogP contribution in [0, 0.1) is 87.6 Å². The Morgan fingerprint density at radius 1 is 0.282 bits per heavy atom. The molecule has 0 spiro atoms. The molecule has 142 heavy (non-hydrogen) atoms.